The highest BCUT2D eigenvalue weighted by Crippen LogP contribution is 2.62. The molecule has 4 bridgehead atoms. The van der Waals surface area contributed by atoms with Crippen molar-refractivity contribution in [2.24, 2.45) is 17.8 Å². The smallest absolute Gasteiger partial charge is 0.315 e. The lowest BCUT2D eigenvalue weighted by atomic mass is 9.48. The van der Waals surface area contributed by atoms with Crippen LogP contribution in [0.5, 0.6) is 5.75 Å². The summed E-state index contributed by atoms with van der Waals surface area (Å²) in [5.74, 6) is 3.44. The van der Waals surface area contributed by atoms with Gasteiger partial charge in [-0.25, -0.2) is 0 Å². The fourth-order valence-corrected chi connectivity index (χ4v) is 7.13. The van der Waals surface area contributed by atoms with E-state index >= 15 is 0 Å². The molecule has 4 aliphatic rings. The number of hydrogen-bond acceptors (Lipinski definition) is 4. The van der Waals surface area contributed by atoms with Gasteiger partial charge in [0.2, 0.25) is 0 Å². The van der Waals surface area contributed by atoms with Gasteiger partial charge < -0.3 is 14.2 Å². The first-order valence-electron chi connectivity index (χ1n) is 12.7. The summed E-state index contributed by atoms with van der Waals surface area (Å²) in [7, 11) is 1.63. The highest BCUT2D eigenvalue weighted by molar-refractivity contribution is 5.82. The number of hydrogen-bond donors (Lipinski definition) is 0. The highest BCUT2D eigenvalue weighted by Gasteiger charge is 2.52. The van der Waals surface area contributed by atoms with E-state index in [1.54, 1.807) is 7.11 Å². The fraction of sp³-hybridized carbons (Fsp3) is 0.500. The topological polar surface area (TPSA) is 44.8 Å². The Morgan fingerprint density at radius 1 is 1.00 bits per heavy atom. The van der Waals surface area contributed by atoms with Crippen LogP contribution in [-0.2, 0) is 14.9 Å². The number of allylic oxidation sites excluding steroid dienone is 1. The van der Waals surface area contributed by atoms with Crippen LogP contribution in [0.3, 0.4) is 0 Å². The van der Waals surface area contributed by atoms with Crippen LogP contribution in [0.1, 0.15) is 79.4 Å². The second kappa shape index (κ2) is 9.67. The summed E-state index contributed by atoms with van der Waals surface area (Å²) in [5, 5.41) is 0. The highest BCUT2D eigenvalue weighted by atomic mass is 16.8. The molecule has 4 aliphatic carbocycles. The molecule has 0 aliphatic heterocycles. The first-order valence-corrected chi connectivity index (χ1v) is 12.7. The normalized spacial score (nSPS) is 28.7. The molecular weight excluding hydrogens is 424 g/mol. The molecule has 34 heavy (non-hydrogen) atoms. The number of aldehydes is 1. The predicted molar refractivity (Wildman–Crippen MR) is 135 cm³/mol. The Balaban J connectivity index is 1.52. The average Bonchev–Trinajstić information content (AvgIpc) is 2.83. The van der Waals surface area contributed by atoms with Crippen LogP contribution in [0, 0.1) is 17.8 Å². The molecule has 0 saturated heterocycles. The van der Waals surface area contributed by atoms with Crippen LogP contribution in [0.2, 0.25) is 0 Å². The van der Waals surface area contributed by atoms with Gasteiger partial charge in [-0.1, -0.05) is 36.4 Å². The molecule has 2 aromatic rings. The summed E-state index contributed by atoms with van der Waals surface area (Å²) in [6.45, 7) is 3.95. The zero-order valence-corrected chi connectivity index (χ0v) is 20.6. The van der Waals surface area contributed by atoms with Crippen molar-refractivity contribution >= 4 is 17.9 Å². The summed E-state index contributed by atoms with van der Waals surface area (Å²) >= 11 is 0. The number of rotatable bonds is 9. The van der Waals surface area contributed by atoms with Gasteiger partial charge in [0.25, 0.3) is 0 Å². The van der Waals surface area contributed by atoms with E-state index in [0.717, 1.165) is 35.4 Å². The number of benzene rings is 2. The summed E-state index contributed by atoms with van der Waals surface area (Å²) in [4.78, 5) is 11.0. The Labute approximate surface area is 203 Å². The summed E-state index contributed by atoms with van der Waals surface area (Å²) in [5.41, 5.74) is 5.72. The van der Waals surface area contributed by atoms with Gasteiger partial charge in [-0.3, -0.25) is 4.79 Å². The molecule has 6 rings (SSSR count). The maximum absolute atomic E-state index is 11.0. The van der Waals surface area contributed by atoms with Gasteiger partial charge in [0.05, 0.1) is 6.61 Å². The van der Waals surface area contributed by atoms with Crippen molar-refractivity contribution in [2.75, 3.05) is 13.7 Å². The van der Waals surface area contributed by atoms with Crippen LogP contribution in [-0.4, -0.2) is 26.5 Å². The van der Waals surface area contributed by atoms with Crippen LogP contribution in [0.4, 0.5) is 0 Å². The third-order valence-electron chi connectivity index (χ3n) is 8.22. The van der Waals surface area contributed by atoms with Crippen molar-refractivity contribution in [1.29, 1.82) is 0 Å². The van der Waals surface area contributed by atoms with E-state index in [2.05, 4.69) is 31.2 Å². The van der Waals surface area contributed by atoms with Gasteiger partial charge in [0, 0.05) is 18.2 Å². The maximum Gasteiger partial charge on any atom is 0.315 e. The minimum absolute atomic E-state index is 0.191. The zero-order chi connectivity index (χ0) is 23.7. The van der Waals surface area contributed by atoms with Crippen LogP contribution >= 0.6 is 0 Å². The van der Waals surface area contributed by atoms with Gasteiger partial charge in [-0.2, -0.15) is 0 Å². The van der Waals surface area contributed by atoms with Crippen molar-refractivity contribution in [1.82, 2.24) is 0 Å². The maximum atomic E-state index is 11.0. The Hall–Kier alpha value is -2.43. The minimum Gasteiger partial charge on any atom is -0.441 e. The van der Waals surface area contributed by atoms with E-state index in [-0.39, 0.29) is 5.41 Å². The molecule has 0 radical (unpaired) electrons. The lowest BCUT2D eigenvalue weighted by molar-refractivity contribution is -0.231. The largest absolute Gasteiger partial charge is 0.441 e. The lowest BCUT2D eigenvalue weighted by Crippen LogP contribution is -2.48. The molecule has 1 unspecified atom stereocenters. The van der Waals surface area contributed by atoms with E-state index in [4.69, 9.17) is 14.2 Å². The molecule has 4 nitrogen and oxygen atoms in total. The summed E-state index contributed by atoms with van der Waals surface area (Å²) < 4.78 is 17.4. The van der Waals surface area contributed by atoms with Crippen LogP contribution in [0.15, 0.2) is 42.5 Å². The second-order valence-electron chi connectivity index (χ2n) is 10.6. The van der Waals surface area contributed by atoms with E-state index < -0.39 is 6.48 Å². The Morgan fingerprint density at radius 2 is 1.62 bits per heavy atom. The third-order valence-corrected chi connectivity index (χ3v) is 8.22. The monoisotopic (exact) mass is 460 g/mol. The molecule has 4 saturated carbocycles. The zero-order valence-electron chi connectivity index (χ0n) is 20.6. The van der Waals surface area contributed by atoms with Gasteiger partial charge in [-0.05, 0) is 104 Å². The molecule has 1 atom stereocenters. The van der Waals surface area contributed by atoms with Crippen molar-refractivity contribution in [3.05, 3.63) is 64.7 Å². The van der Waals surface area contributed by atoms with E-state index in [1.165, 1.54) is 55.2 Å². The Morgan fingerprint density at radius 3 is 2.18 bits per heavy atom. The quantitative estimate of drug-likeness (QED) is 0.233. The van der Waals surface area contributed by atoms with E-state index in [1.807, 2.05) is 31.2 Å². The number of carbonyl (C=O) groups is 1. The number of methoxy groups -OCH3 is 1. The first-order chi connectivity index (χ1) is 16.5. The molecule has 2 aromatic carbocycles. The Kier molecular flexibility index (Phi) is 6.63. The van der Waals surface area contributed by atoms with Crippen molar-refractivity contribution < 1.29 is 19.0 Å². The van der Waals surface area contributed by atoms with Gasteiger partial charge in [0.15, 0.2) is 0 Å². The second-order valence-corrected chi connectivity index (χ2v) is 10.6. The fourth-order valence-electron chi connectivity index (χ4n) is 7.13. The van der Waals surface area contributed by atoms with Gasteiger partial charge in [0.1, 0.15) is 12.0 Å². The van der Waals surface area contributed by atoms with Gasteiger partial charge in [-0.15, -0.1) is 0 Å². The molecule has 0 spiro atoms. The molecular formula is C30H36O4. The van der Waals surface area contributed by atoms with E-state index in [9.17, 15) is 4.79 Å². The number of ether oxygens (including phenoxy) is 3. The molecule has 180 valence electrons. The van der Waals surface area contributed by atoms with Crippen LogP contribution in [0.25, 0.3) is 11.6 Å². The summed E-state index contributed by atoms with van der Waals surface area (Å²) in [6.07, 6.45) is 11.1. The lowest BCUT2D eigenvalue weighted by Gasteiger charge is -2.57. The average molecular weight is 461 g/mol. The minimum atomic E-state index is -0.698. The van der Waals surface area contributed by atoms with Crippen molar-refractivity contribution in [3.8, 4) is 5.75 Å². The Bertz CT molecular complexity index is 1020. The standard InChI is InChI=1S/C30H36O4/c1-4-33-29(32-3)34-28-10-9-26(20(2)11-21-5-7-22(19-31)8-6-21)15-27(28)30-16-23-12-24(17-30)14-25(13-23)18-30/h5-11,15,19,23-25,29H,4,12-14,16-18H2,1-3H3/b20-11+. The summed E-state index contributed by atoms with van der Waals surface area (Å²) in [6, 6.07) is 14.3. The molecule has 4 fully saturated rings. The van der Waals surface area contributed by atoms with E-state index in [0.29, 0.717) is 12.2 Å². The molecule has 0 aromatic heterocycles. The first kappa shape index (κ1) is 23.3. The third kappa shape index (κ3) is 4.58. The van der Waals surface area contributed by atoms with Crippen LogP contribution < -0.4 is 4.74 Å². The molecule has 0 amide bonds. The molecule has 0 heterocycles. The van der Waals surface area contributed by atoms with Crippen molar-refractivity contribution in [3.63, 3.8) is 0 Å². The SMILES string of the molecule is CCOC(OC)Oc1ccc(/C(C)=C/c2ccc(C=O)cc2)cc1C12CC3CC(CC(C3)C1)C2. The molecule has 0 N–H and O–H groups in total. The van der Waals surface area contributed by atoms with Gasteiger partial charge >= 0.3 is 6.48 Å². The number of carbonyl (C=O) groups excluding carboxylic acids is 1. The molecule has 4 heteroatoms. The van der Waals surface area contributed by atoms with Crippen molar-refractivity contribution in [2.45, 2.75) is 64.3 Å². The predicted octanol–water partition coefficient (Wildman–Crippen LogP) is 6.87.